The van der Waals surface area contributed by atoms with Gasteiger partial charge in [0, 0.05) is 12.0 Å². The maximum atomic E-state index is 13.4. The number of nitrogens with one attached hydrogen (secondary N) is 1. The summed E-state index contributed by atoms with van der Waals surface area (Å²) < 4.78 is 0. The van der Waals surface area contributed by atoms with Crippen LogP contribution in [0.2, 0.25) is 5.02 Å². The molecule has 34 heavy (non-hydrogen) atoms. The second-order valence-corrected chi connectivity index (χ2v) is 9.41. The van der Waals surface area contributed by atoms with Crippen LogP contribution in [0.1, 0.15) is 16.7 Å². The number of aliphatic imine (C=N–C) groups is 2. The second kappa shape index (κ2) is 9.44. The molecule has 0 unspecified atom stereocenters. The Bertz CT molecular complexity index is 1340. The zero-order chi connectivity index (χ0) is 23.7. The van der Waals surface area contributed by atoms with Crippen LogP contribution < -0.4 is 5.32 Å². The molecule has 0 saturated heterocycles. The number of halogens is 1. The molecule has 0 spiro atoms. The van der Waals surface area contributed by atoms with Crippen LogP contribution in [0.4, 0.5) is 11.4 Å². The van der Waals surface area contributed by atoms with Crippen LogP contribution in [0.3, 0.4) is 0 Å². The minimum absolute atomic E-state index is 0.0750. The Kier molecular flexibility index (Phi) is 6.22. The molecule has 1 N–H and O–H groups in total. The molecule has 2 aliphatic heterocycles. The number of carbonyl (C=O) groups is 2. The third-order valence-corrected chi connectivity index (χ3v) is 6.80. The zero-order valence-electron chi connectivity index (χ0n) is 18.4. The number of amidine groups is 2. The number of hydrogen-bond acceptors (Lipinski definition) is 5. The van der Waals surface area contributed by atoms with Gasteiger partial charge in [0.15, 0.2) is 5.17 Å². The Morgan fingerprint density at radius 3 is 2.65 bits per heavy atom. The Labute approximate surface area is 206 Å². The minimum Gasteiger partial charge on any atom is -0.324 e. The highest BCUT2D eigenvalue weighted by atomic mass is 35.5. The van der Waals surface area contributed by atoms with Crippen molar-refractivity contribution in [1.82, 2.24) is 4.90 Å². The van der Waals surface area contributed by atoms with Gasteiger partial charge in [-0.2, -0.15) is 0 Å². The topological polar surface area (TPSA) is 74.1 Å². The maximum absolute atomic E-state index is 13.4. The summed E-state index contributed by atoms with van der Waals surface area (Å²) in [5.74, 6) is 0.289. The number of rotatable bonds is 5. The van der Waals surface area contributed by atoms with E-state index in [2.05, 4.69) is 10.3 Å². The molecule has 5 rings (SSSR count). The molecule has 2 amide bonds. The number of para-hydroxylation sites is 1. The lowest BCUT2D eigenvalue weighted by Gasteiger charge is -2.25. The van der Waals surface area contributed by atoms with E-state index in [1.165, 1.54) is 11.8 Å². The van der Waals surface area contributed by atoms with Crippen LogP contribution in [0.5, 0.6) is 0 Å². The molecule has 3 aromatic carbocycles. The van der Waals surface area contributed by atoms with Crippen molar-refractivity contribution in [2.75, 3.05) is 11.1 Å². The fourth-order valence-corrected chi connectivity index (χ4v) is 4.99. The molecular weight excluding hydrogens is 468 g/mol. The zero-order valence-corrected chi connectivity index (χ0v) is 19.9. The highest BCUT2D eigenvalue weighted by molar-refractivity contribution is 8.14. The lowest BCUT2D eigenvalue weighted by molar-refractivity contribution is -0.124. The summed E-state index contributed by atoms with van der Waals surface area (Å²) in [6.45, 7) is 1.93. The lowest BCUT2D eigenvalue weighted by atomic mass is 10.1. The van der Waals surface area contributed by atoms with E-state index in [4.69, 9.17) is 16.6 Å². The van der Waals surface area contributed by atoms with Gasteiger partial charge in [-0.1, -0.05) is 71.9 Å². The van der Waals surface area contributed by atoms with Crippen molar-refractivity contribution in [1.29, 1.82) is 0 Å². The Morgan fingerprint density at radius 1 is 1.09 bits per heavy atom. The molecule has 8 heteroatoms. The maximum Gasteiger partial charge on any atom is 0.259 e. The van der Waals surface area contributed by atoms with E-state index in [0.717, 1.165) is 22.4 Å². The van der Waals surface area contributed by atoms with Gasteiger partial charge in [0.1, 0.15) is 11.9 Å². The fraction of sp³-hybridized carbons (Fsp3) is 0.154. The normalized spacial score (nSPS) is 16.5. The van der Waals surface area contributed by atoms with Crippen molar-refractivity contribution in [3.8, 4) is 0 Å². The number of amides is 2. The average molecular weight is 489 g/mol. The third-order valence-electron chi connectivity index (χ3n) is 5.55. The standard InChI is InChI=1S/C26H21ClN4O2S/c1-16-11-12-21(19(27)13-16)28-23(32)15-34-26-30-20-10-6-5-9-18(20)24-29-22(25(33)31(24)26)14-17-7-3-2-4-8-17/h2-13,22H,14-15H2,1H3,(H,28,32)/t22-/m1/s1. The summed E-state index contributed by atoms with van der Waals surface area (Å²) >= 11 is 7.44. The number of thioether (sulfide) groups is 1. The predicted molar refractivity (Wildman–Crippen MR) is 138 cm³/mol. The van der Waals surface area contributed by atoms with Crippen LogP contribution in [0.25, 0.3) is 0 Å². The monoisotopic (exact) mass is 488 g/mol. The Balaban J connectivity index is 1.36. The van der Waals surface area contributed by atoms with Crippen LogP contribution in [0, 0.1) is 6.92 Å². The number of nitrogens with zero attached hydrogens (tertiary/aromatic N) is 3. The van der Waals surface area contributed by atoms with E-state index < -0.39 is 6.04 Å². The second-order valence-electron chi connectivity index (χ2n) is 8.06. The molecule has 0 aliphatic carbocycles. The van der Waals surface area contributed by atoms with Gasteiger partial charge in [0.25, 0.3) is 5.91 Å². The summed E-state index contributed by atoms with van der Waals surface area (Å²) in [5.41, 5.74) is 4.15. The molecule has 0 fully saturated rings. The van der Waals surface area contributed by atoms with E-state index in [0.29, 0.717) is 28.1 Å². The van der Waals surface area contributed by atoms with E-state index in [-0.39, 0.29) is 17.6 Å². The van der Waals surface area contributed by atoms with Crippen molar-refractivity contribution in [2.24, 2.45) is 9.98 Å². The molecule has 6 nitrogen and oxygen atoms in total. The van der Waals surface area contributed by atoms with Crippen LogP contribution in [-0.2, 0) is 16.0 Å². The van der Waals surface area contributed by atoms with E-state index in [9.17, 15) is 9.59 Å². The highest BCUT2D eigenvalue weighted by Crippen LogP contribution is 2.34. The summed E-state index contributed by atoms with van der Waals surface area (Å²) in [4.78, 5) is 37.0. The largest absolute Gasteiger partial charge is 0.324 e. The first-order valence-corrected chi connectivity index (χ1v) is 12.2. The van der Waals surface area contributed by atoms with Crippen molar-refractivity contribution in [3.05, 3.63) is 94.5 Å². The molecule has 3 aromatic rings. The van der Waals surface area contributed by atoms with E-state index in [1.807, 2.05) is 67.6 Å². The first kappa shape index (κ1) is 22.4. The summed E-state index contributed by atoms with van der Waals surface area (Å²) in [6, 6.07) is 22.3. The predicted octanol–water partition coefficient (Wildman–Crippen LogP) is 5.22. The smallest absolute Gasteiger partial charge is 0.259 e. The molecule has 0 aromatic heterocycles. The molecule has 0 bridgehead atoms. The van der Waals surface area contributed by atoms with Crippen molar-refractivity contribution in [3.63, 3.8) is 0 Å². The quantitative estimate of drug-likeness (QED) is 0.535. The van der Waals surface area contributed by atoms with Crippen molar-refractivity contribution >= 4 is 57.6 Å². The van der Waals surface area contributed by atoms with Gasteiger partial charge in [-0.3, -0.25) is 14.6 Å². The molecule has 0 saturated carbocycles. The number of aryl methyl sites for hydroxylation is 1. The van der Waals surface area contributed by atoms with Crippen molar-refractivity contribution < 1.29 is 9.59 Å². The fourth-order valence-electron chi connectivity index (χ4n) is 3.91. The van der Waals surface area contributed by atoms with Gasteiger partial charge in [-0.05, 0) is 42.3 Å². The summed E-state index contributed by atoms with van der Waals surface area (Å²) in [5, 5.41) is 3.76. The van der Waals surface area contributed by atoms with Gasteiger partial charge in [0.2, 0.25) is 5.91 Å². The van der Waals surface area contributed by atoms with E-state index >= 15 is 0 Å². The van der Waals surface area contributed by atoms with Gasteiger partial charge >= 0.3 is 0 Å². The first-order valence-electron chi connectivity index (χ1n) is 10.8. The number of hydrogen-bond donors (Lipinski definition) is 1. The van der Waals surface area contributed by atoms with Gasteiger partial charge in [-0.25, -0.2) is 9.89 Å². The van der Waals surface area contributed by atoms with Gasteiger partial charge in [0.05, 0.1) is 22.2 Å². The molecular formula is C26H21ClN4O2S. The highest BCUT2D eigenvalue weighted by Gasteiger charge is 2.41. The van der Waals surface area contributed by atoms with Gasteiger partial charge in [-0.15, -0.1) is 0 Å². The lowest BCUT2D eigenvalue weighted by Crippen LogP contribution is -2.41. The van der Waals surface area contributed by atoms with Crippen LogP contribution >= 0.6 is 23.4 Å². The van der Waals surface area contributed by atoms with Gasteiger partial charge < -0.3 is 5.32 Å². The number of carbonyl (C=O) groups excluding carboxylic acids is 2. The Hall–Kier alpha value is -3.42. The molecule has 170 valence electrons. The van der Waals surface area contributed by atoms with Crippen LogP contribution in [-0.4, -0.2) is 39.5 Å². The Morgan fingerprint density at radius 2 is 1.85 bits per heavy atom. The average Bonchev–Trinajstić information content (AvgIpc) is 3.16. The molecule has 2 aliphatic rings. The summed E-state index contributed by atoms with van der Waals surface area (Å²) in [6.07, 6.45) is 0.506. The molecule has 0 radical (unpaired) electrons. The molecule has 2 heterocycles. The number of anilines is 1. The third kappa shape index (κ3) is 4.49. The van der Waals surface area contributed by atoms with Crippen LogP contribution in [0.15, 0.2) is 82.8 Å². The number of fused-ring (bicyclic) bond motifs is 3. The van der Waals surface area contributed by atoms with E-state index in [1.54, 1.807) is 17.0 Å². The summed E-state index contributed by atoms with van der Waals surface area (Å²) in [7, 11) is 0. The minimum atomic E-state index is -0.533. The SMILES string of the molecule is Cc1ccc(NC(=O)CSC2=Nc3ccccc3C3=N[C@H](Cc4ccccc4)C(=O)N23)c(Cl)c1. The number of benzene rings is 3. The first-order chi connectivity index (χ1) is 16.5. The van der Waals surface area contributed by atoms with Crippen molar-refractivity contribution in [2.45, 2.75) is 19.4 Å². The molecule has 1 atom stereocenters.